The van der Waals surface area contributed by atoms with Crippen LogP contribution in [0.1, 0.15) is 129 Å². The first kappa shape index (κ1) is 44.8. The Bertz CT molecular complexity index is 874. The minimum atomic E-state index is -4.44. The van der Waals surface area contributed by atoms with E-state index in [1.54, 1.807) is 0 Å². The Balaban J connectivity index is 4.25. The van der Waals surface area contributed by atoms with Gasteiger partial charge in [-0.25, -0.2) is 4.57 Å². The first-order valence-corrected chi connectivity index (χ1v) is 20.9. The lowest BCUT2D eigenvalue weighted by atomic mass is 10.1. The van der Waals surface area contributed by atoms with E-state index in [1.807, 2.05) is 0 Å². The zero-order valence-electron chi connectivity index (χ0n) is 28.4. The van der Waals surface area contributed by atoms with Crippen molar-refractivity contribution in [2.24, 2.45) is 5.73 Å². The average Bonchev–Trinajstić information content (AvgIpc) is 3.03. The Kier molecular flexibility index (Phi) is 32.9. The monoisotopic (exact) mass is 705 g/mol. The number of hydrogen-bond donors (Lipinski definition) is 2. The van der Waals surface area contributed by atoms with E-state index in [0.717, 1.165) is 62.9 Å². The number of thioether (sulfide) groups is 2. The van der Waals surface area contributed by atoms with Gasteiger partial charge < -0.3 is 20.1 Å². The number of unbranched alkanes of at least 4 members (excludes halogenated alkanes) is 14. The van der Waals surface area contributed by atoms with Gasteiger partial charge in [0.05, 0.1) is 18.1 Å². The van der Waals surface area contributed by atoms with Crippen LogP contribution >= 0.6 is 31.3 Å². The number of phosphoric acid groups is 1. The zero-order valence-corrected chi connectivity index (χ0v) is 30.9. The van der Waals surface area contributed by atoms with E-state index in [1.165, 1.54) is 87.7 Å². The molecule has 0 radical (unpaired) electrons. The second kappa shape index (κ2) is 33.7. The molecule has 0 fully saturated rings. The average molecular weight is 706 g/mol. The van der Waals surface area contributed by atoms with Gasteiger partial charge in [-0.05, 0) is 37.2 Å². The molecule has 0 aliphatic rings. The van der Waals surface area contributed by atoms with E-state index in [0.29, 0.717) is 0 Å². The number of esters is 2. The number of carbonyl (C=O) groups excluding carboxylic acids is 2. The van der Waals surface area contributed by atoms with Gasteiger partial charge in [-0.1, -0.05) is 78.1 Å². The van der Waals surface area contributed by atoms with Crippen molar-refractivity contribution in [2.75, 3.05) is 42.8 Å². The Morgan fingerprint density at radius 1 is 0.674 bits per heavy atom. The number of ether oxygens (including phenoxy) is 2. The molecule has 266 valence electrons. The number of carbonyl (C=O) groups is 2. The van der Waals surface area contributed by atoms with Crippen LogP contribution < -0.4 is 5.73 Å². The molecule has 0 aliphatic heterocycles. The van der Waals surface area contributed by atoms with Crippen LogP contribution in [0.2, 0.25) is 0 Å². The topological polar surface area (TPSA) is 134 Å². The molecule has 3 N–H and O–H groups in total. The van der Waals surface area contributed by atoms with Crippen molar-refractivity contribution in [3.63, 3.8) is 0 Å². The fraction of sp³-hybridized carbons (Fsp3) is 0.824. The molecule has 46 heavy (non-hydrogen) atoms. The normalized spacial score (nSPS) is 12.1. The molecule has 0 heterocycles. The van der Waals surface area contributed by atoms with E-state index in [4.69, 9.17) is 24.3 Å². The van der Waals surface area contributed by atoms with Crippen LogP contribution in [-0.4, -0.2) is 65.9 Å². The van der Waals surface area contributed by atoms with Crippen LogP contribution in [0.5, 0.6) is 0 Å². The molecule has 0 bridgehead atoms. The molecule has 0 saturated heterocycles. The lowest BCUT2D eigenvalue weighted by molar-refractivity contribution is -0.189. The lowest BCUT2D eigenvalue weighted by Gasteiger charge is -2.20. The maximum Gasteiger partial charge on any atom is 0.472 e. The van der Waals surface area contributed by atoms with Crippen molar-refractivity contribution in [2.45, 2.75) is 136 Å². The molecule has 0 spiro atoms. The van der Waals surface area contributed by atoms with Crippen LogP contribution in [0, 0.1) is 23.7 Å². The van der Waals surface area contributed by atoms with Crippen LogP contribution in [0.25, 0.3) is 0 Å². The highest BCUT2D eigenvalue weighted by molar-refractivity contribution is 8.00. The van der Waals surface area contributed by atoms with Crippen molar-refractivity contribution in [3.05, 3.63) is 0 Å². The highest BCUT2D eigenvalue weighted by Gasteiger charge is 2.27. The van der Waals surface area contributed by atoms with Crippen molar-refractivity contribution >= 4 is 43.3 Å². The fourth-order valence-corrected chi connectivity index (χ4v) is 6.45. The smallest absolute Gasteiger partial charge is 0.422 e. The third kappa shape index (κ3) is 32.8. The first-order valence-electron chi connectivity index (χ1n) is 17.1. The quantitative estimate of drug-likeness (QED) is 0.0247. The number of phosphoric ester groups is 1. The summed E-state index contributed by atoms with van der Waals surface area (Å²) < 4.78 is 32.2. The van der Waals surface area contributed by atoms with E-state index in [-0.39, 0.29) is 24.7 Å². The van der Waals surface area contributed by atoms with E-state index in [2.05, 4.69) is 37.5 Å². The molecule has 1 unspecified atom stereocenters. The molecule has 0 aromatic rings. The molecule has 0 rings (SSSR count). The highest BCUT2D eigenvalue weighted by atomic mass is 32.2. The summed E-state index contributed by atoms with van der Waals surface area (Å²) in [6.45, 7) is 3.35. The van der Waals surface area contributed by atoms with E-state index >= 15 is 0 Å². The van der Waals surface area contributed by atoms with Gasteiger partial charge in [-0.3, -0.25) is 18.6 Å². The second-order valence-corrected chi connectivity index (χ2v) is 14.4. The molecule has 0 aromatic heterocycles. The van der Waals surface area contributed by atoms with Gasteiger partial charge >= 0.3 is 19.8 Å². The lowest BCUT2D eigenvalue weighted by Crippen LogP contribution is -2.30. The number of rotatable bonds is 30. The van der Waals surface area contributed by atoms with Gasteiger partial charge in [0, 0.05) is 32.2 Å². The third-order valence-corrected chi connectivity index (χ3v) is 9.51. The second-order valence-electron chi connectivity index (χ2n) is 10.8. The summed E-state index contributed by atoms with van der Waals surface area (Å²) >= 11 is 2.89. The Morgan fingerprint density at radius 2 is 1.09 bits per heavy atom. The van der Waals surface area contributed by atoms with Crippen LogP contribution in [0.15, 0.2) is 0 Å². The van der Waals surface area contributed by atoms with Crippen molar-refractivity contribution in [1.29, 1.82) is 0 Å². The summed E-state index contributed by atoms with van der Waals surface area (Å²) in [6.07, 6.45) is 18.5. The van der Waals surface area contributed by atoms with Gasteiger partial charge in [0.25, 0.3) is 6.29 Å². The van der Waals surface area contributed by atoms with Crippen molar-refractivity contribution < 1.29 is 37.6 Å². The van der Waals surface area contributed by atoms with Crippen molar-refractivity contribution in [1.82, 2.24) is 0 Å². The first-order chi connectivity index (χ1) is 22.3. The van der Waals surface area contributed by atoms with Crippen LogP contribution in [0.4, 0.5) is 0 Å². The molecular weight excluding hydrogens is 645 g/mol. The molecule has 0 aromatic carbocycles. The Labute approximate surface area is 287 Å². The standard InChI is InChI=1S/C34H60NO8PS2/c1-3-5-7-9-11-13-15-17-19-21-23-27-45-30-32(36)42-34(29-41-44(38,39)40-26-25-35)43-33(37)31-46-28-24-22-20-18-16-14-12-10-8-6-4-2/h34H,3-4,9-31,35H2,1-2H3,(H,38,39). The minimum absolute atomic E-state index is 0.0271. The Hall–Kier alpha value is -1.17. The molecule has 0 amide bonds. The third-order valence-electron chi connectivity index (χ3n) is 6.50. The summed E-state index contributed by atoms with van der Waals surface area (Å²) in [4.78, 5) is 34.6. The summed E-state index contributed by atoms with van der Waals surface area (Å²) in [5.41, 5.74) is 5.30. The van der Waals surface area contributed by atoms with Gasteiger partial charge in [0.2, 0.25) is 0 Å². The van der Waals surface area contributed by atoms with Crippen molar-refractivity contribution in [3.8, 4) is 23.7 Å². The summed E-state index contributed by atoms with van der Waals surface area (Å²) in [6, 6.07) is 0. The SMILES string of the molecule is CCC#CCCCCCCCCCSCC(=O)OC(COP(=O)(O)OCCN)OC(=O)CSCCCCCCCCCC#CCC. The molecule has 0 aliphatic carbocycles. The van der Waals surface area contributed by atoms with E-state index in [9.17, 15) is 19.0 Å². The molecular formula is C34H60NO8PS2. The Morgan fingerprint density at radius 3 is 1.50 bits per heavy atom. The largest absolute Gasteiger partial charge is 0.472 e. The summed E-state index contributed by atoms with van der Waals surface area (Å²) in [7, 11) is -4.44. The molecule has 1 atom stereocenters. The molecule has 9 nitrogen and oxygen atoms in total. The van der Waals surface area contributed by atoms with Crippen LogP contribution in [0.3, 0.4) is 0 Å². The fourth-order valence-electron chi connectivity index (χ4n) is 4.15. The maximum absolute atomic E-state index is 12.4. The highest BCUT2D eigenvalue weighted by Crippen LogP contribution is 2.43. The number of nitrogens with two attached hydrogens (primary N) is 1. The van der Waals surface area contributed by atoms with Gasteiger partial charge in [0.15, 0.2) is 0 Å². The predicted molar refractivity (Wildman–Crippen MR) is 191 cm³/mol. The van der Waals surface area contributed by atoms with Gasteiger partial charge in [0.1, 0.15) is 6.61 Å². The maximum atomic E-state index is 12.4. The molecule has 12 heteroatoms. The number of hydrogen-bond acceptors (Lipinski definition) is 10. The molecule has 0 saturated carbocycles. The van der Waals surface area contributed by atoms with E-state index < -0.39 is 32.7 Å². The van der Waals surface area contributed by atoms with Gasteiger partial charge in [-0.15, -0.1) is 23.7 Å². The summed E-state index contributed by atoms with van der Waals surface area (Å²) in [5, 5.41) is 0. The predicted octanol–water partition coefficient (Wildman–Crippen LogP) is 8.03. The van der Waals surface area contributed by atoms with Crippen LogP contribution in [-0.2, 0) is 32.7 Å². The van der Waals surface area contributed by atoms with Gasteiger partial charge in [-0.2, -0.15) is 23.5 Å². The summed E-state index contributed by atoms with van der Waals surface area (Å²) in [5.74, 6) is 13.2. The zero-order chi connectivity index (χ0) is 34.0. The minimum Gasteiger partial charge on any atom is -0.422 e.